The van der Waals surface area contributed by atoms with Crippen LogP contribution in [0.4, 0.5) is 13.2 Å². The van der Waals surface area contributed by atoms with E-state index in [0.717, 1.165) is 11.6 Å². The lowest BCUT2D eigenvalue weighted by molar-refractivity contribution is -0.0889. The first-order valence-electron chi connectivity index (χ1n) is 6.87. The number of halogens is 3. The predicted octanol–water partition coefficient (Wildman–Crippen LogP) is 4.65. The summed E-state index contributed by atoms with van der Waals surface area (Å²) in [4.78, 5) is 4.03. The van der Waals surface area contributed by atoms with Crippen molar-refractivity contribution in [1.82, 2.24) is 4.98 Å². The van der Waals surface area contributed by atoms with Crippen molar-refractivity contribution in [2.24, 2.45) is 5.92 Å². The van der Waals surface area contributed by atoms with E-state index in [1.54, 1.807) is 31.5 Å². The molecule has 21 heavy (non-hydrogen) atoms. The fraction of sp³-hybridized carbons (Fsp3) is 0.438. The van der Waals surface area contributed by atoms with Crippen LogP contribution < -0.4 is 4.74 Å². The molecule has 2 nitrogen and oxygen atoms in total. The number of hydrogen-bond acceptors (Lipinski definition) is 2. The second kappa shape index (κ2) is 5.92. The number of alkyl halides is 3. The van der Waals surface area contributed by atoms with Gasteiger partial charge in [0.2, 0.25) is 0 Å². The SMILES string of the molecule is CC(C)Oc1cnccc1C1C=CC(C(F)(F)F)=CC1C. The molecule has 0 saturated heterocycles. The van der Waals surface area contributed by atoms with E-state index in [2.05, 4.69) is 4.98 Å². The van der Waals surface area contributed by atoms with Crippen LogP contribution in [0.3, 0.4) is 0 Å². The summed E-state index contributed by atoms with van der Waals surface area (Å²) >= 11 is 0. The van der Waals surface area contributed by atoms with E-state index in [0.29, 0.717) is 5.75 Å². The first-order valence-corrected chi connectivity index (χ1v) is 6.87. The average molecular weight is 297 g/mol. The Morgan fingerprint density at radius 3 is 2.57 bits per heavy atom. The van der Waals surface area contributed by atoms with Crippen LogP contribution >= 0.6 is 0 Å². The lowest BCUT2D eigenvalue weighted by Gasteiger charge is -2.26. The molecule has 0 aliphatic heterocycles. The summed E-state index contributed by atoms with van der Waals surface area (Å²) in [6.45, 7) is 5.58. The monoisotopic (exact) mass is 297 g/mol. The molecule has 1 aromatic rings. The zero-order valence-electron chi connectivity index (χ0n) is 12.2. The molecule has 1 aliphatic carbocycles. The van der Waals surface area contributed by atoms with Crippen molar-refractivity contribution in [3.8, 4) is 5.75 Å². The van der Waals surface area contributed by atoms with E-state index in [-0.39, 0.29) is 17.9 Å². The predicted molar refractivity (Wildman–Crippen MR) is 75.2 cm³/mol. The van der Waals surface area contributed by atoms with Crippen LogP contribution in [0.5, 0.6) is 5.75 Å². The Hall–Kier alpha value is -1.78. The van der Waals surface area contributed by atoms with Gasteiger partial charge in [-0.05, 0) is 25.8 Å². The third kappa shape index (κ3) is 3.65. The van der Waals surface area contributed by atoms with Crippen molar-refractivity contribution in [2.45, 2.75) is 39.0 Å². The van der Waals surface area contributed by atoms with Crippen molar-refractivity contribution in [3.05, 3.63) is 47.8 Å². The molecule has 1 aromatic heterocycles. The maximum absolute atomic E-state index is 12.7. The Balaban J connectivity index is 2.30. The van der Waals surface area contributed by atoms with Gasteiger partial charge < -0.3 is 4.74 Å². The standard InChI is InChI=1S/C16H18F3NO/c1-10(2)21-15-9-20-7-6-14(15)13-5-4-12(8-11(13)3)16(17,18)19/h4-11,13H,1-3H3. The molecule has 2 atom stereocenters. The lowest BCUT2D eigenvalue weighted by atomic mass is 9.82. The zero-order chi connectivity index (χ0) is 15.6. The van der Waals surface area contributed by atoms with Gasteiger partial charge in [-0.15, -0.1) is 0 Å². The minimum atomic E-state index is -4.30. The van der Waals surface area contributed by atoms with E-state index in [9.17, 15) is 13.2 Å². The molecule has 5 heteroatoms. The van der Waals surface area contributed by atoms with Crippen molar-refractivity contribution in [3.63, 3.8) is 0 Å². The second-order valence-electron chi connectivity index (χ2n) is 5.44. The maximum Gasteiger partial charge on any atom is 0.416 e. The highest BCUT2D eigenvalue weighted by Gasteiger charge is 2.35. The van der Waals surface area contributed by atoms with Gasteiger partial charge in [0, 0.05) is 17.7 Å². The summed E-state index contributed by atoms with van der Waals surface area (Å²) in [5.74, 6) is 0.217. The van der Waals surface area contributed by atoms with Gasteiger partial charge in [-0.1, -0.05) is 25.2 Å². The Morgan fingerprint density at radius 1 is 1.29 bits per heavy atom. The van der Waals surface area contributed by atoms with Gasteiger partial charge in [-0.25, -0.2) is 0 Å². The number of ether oxygens (including phenoxy) is 1. The second-order valence-corrected chi connectivity index (χ2v) is 5.44. The summed E-state index contributed by atoms with van der Waals surface area (Å²) in [6.07, 6.45) is 2.93. The van der Waals surface area contributed by atoms with Crippen molar-refractivity contribution in [2.75, 3.05) is 0 Å². The Morgan fingerprint density at radius 2 is 2.00 bits per heavy atom. The van der Waals surface area contributed by atoms with Crippen LogP contribution in [0.2, 0.25) is 0 Å². The van der Waals surface area contributed by atoms with Crippen molar-refractivity contribution in [1.29, 1.82) is 0 Å². The molecule has 2 unspecified atom stereocenters. The largest absolute Gasteiger partial charge is 0.489 e. The zero-order valence-corrected chi connectivity index (χ0v) is 12.2. The molecule has 2 rings (SSSR count). The third-order valence-electron chi connectivity index (χ3n) is 3.36. The van der Waals surface area contributed by atoms with Crippen LogP contribution in [0.1, 0.15) is 32.3 Å². The number of allylic oxidation sites excluding steroid dienone is 4. The Bertz CT molecular complexity index is 561. The van der Waals surface area contributed by atoms with Gasteiger partial charge in [-0.3, -0.25) is 4.98 Å². The number of pyridine rings is 1. The van der Waals surface area contributed by atoms with E-state index < -0.39 is 11.7 Å². The van der Waals surface area contributed by atoms with Gasteiger partial charge in [0.15, 0.2) is 0 Å². The van der Waals surface area contributed by atoms with Crippen molar-refractivity contribution < 1.29 is 17.9 Å². The van der Waals surface area contributed by atoms with E-state index in [1.807, 2.05) is 13.8 Å². The molecule has 0 bridgehead atoms. The summed E-state index contributed by atoms with van der Waals surface area (Å²) in [5.41, 5.74) is 0.270. The molecular formula is C16H18F3NO. The molecule has 0 saturated carbocycles. The minimum absolute atomic E-state index is 0.0166. The van der Waals surface area contributed by atoms with Gasteiger partial charge in [0.25, 0.3) is 0 Å². The summed E-state index contributed by atoms with van der Waals surface area (Å²) in [5, 5.41) is 0. The normalized spacial score (nSPS) is 22.3. The average Bonchev–Trinajstić information content (AvgIpc) is 2.38. The van der Waals surface area contributed by atoms with E-state index in [1.165, 1.54) is 6.08 Å². The molecule has 0 fully saturated rings. The first-order chi connectivity index (χ1) is 9.79. The lowest BCUT2D eigenvalue weighted by Crippen LogP contribution is -2.18. The smallest absolute Gasteiger partial charge is 0.416 e. The Labute approximate surface area is 122 Å². The van der Waals surface area contributed by atoms with E-state index in [4.69, 9.17) is 4.74 Å². The first kappa shape index (κ1) is 15.6. The van der Waals surface area contributed by atoms with Gasteiger partial charge in [0.1, 0.15) is 5.75 Å². The third-order valence-corrected chi connectivity index (χ3v) is 3.36. The van der Waals surface area contributed by atoms with Crippen LogP contribution in [0.25, 0.3) is 0 Å². The van der Waals surface area contributed by atoms with E-state index >= 15 is 0 Å². The van der Waals surface area contributed by atoms with Crippen LogP contribution in [-0.2, 0) is 0 Å². The molecule has 0 aromatic carbocycles. The molecule has 1 heterocycles. The maximum atomic E-state index is 12.7. The Kier molecular flexibility index (Phi) is 4.40. The van der Waals surface area contributed by atoms with Crippen LogP contribution in [0.15, 0.2) is 42.3 Å². The van der Waals surface area contributed by atoms with Gasteiger partial charge in [0.05, 0.1) is 17.9 Å². The highest BCUT2D eigenvalue weighted by Crippen LogP contribution is 2.40. The molecule has 0 amide bonds. The number of aromatic nitrogens is 1. The molecule has 0 N–H and O–H groups in total. The quantitative estimate of drug-likeness (QED) is 0.810. The number of hydrogen-bond donors (Lipinski definition) is 0. The van der Waals surface area contributed by atoms with Crippen LogP contribution in [-0.4, -0.2) is 17.3 Å². The summed E-state index contributed by atoms with van der Waals surface area (Å²) < 4.78 is 43.9. The highest BCUT2D eigenvalue weighted by atomic mass is 19.4. The number of nitrogens with zero attached hydrogens (tertiary/aromatic N) is 1. The molecular weight excluding hydrogens is 279 g/mol. The molecule has 0 spiro atoms. The molecule has 1 aliphatic rings. The van der Waals surface area contributed by atoms with Gasteiger partial charge >= 0.3 is 6.18 Å². The summed E-state index contributed by atoms with van der Waals surface area (Å²) in [6, 6.07) is 1.80. The fourth-order valence-electron chi connectivity index (χ4n) is 2.42. The van der Waals surface area contributed by atoms with Gasteiger partial charge in [-0.2, -0.15) is 13.2 Å². The minimum Gasteiger partial charge on any atom is -0.489 e. The topological polar surface area (TPSA) is 22.1 Å². The molecule has 114 valence electrons. The fourth-order valence-corrected chi connectivity index (χ4v) is 2.42. The van der Waals surface area contributed by atoms with Crippen LogP contribution in [0, 0.1) is 5.92 Å². The summed E-state index contributed by atoms with van der Waals surface area (Å²) in [7, 11) is 0. The van der Waals surface area contributed by atoms with Crippen molar-refractivity contribution >= 4 is 0 Å². The highest BCUT2D eigenvalue weighted by molar-refractivity contribution is 5.42. The number of rotatable bonds is 3. The molecule has 0 radical (unpaired) electrons.